The lowest BCUT2D eigenvalue weighted by Gasteiger charge is -1.98. The average Bonchev–Trinajstić information content (AvgIpc) is 2.45. The van der Waals surface area contributed by atoms with Gasteiger partial charge in [-0.3, -0.25) is 4.68 Å². The molecular weight excluding hydrogens is 172 g/mol. The van der Waals surface area contributed by atoms with Crippen molar-refractivity contribution in [1.29, 1.82) is 0 Å². The van der Waals surface area contributed by atoms with Gasteiger partial charge < -0.3 is 0 Å². The van der Waals surface area contributed by atoms with Crippen LogP contribution in [0.4, 0.5) is 0 Å². The van der Waals surface area contributed by atoms with Gasteiger partial charge in [-0.05, 0) is 12.0 Å². The standard InChI is InChI=1S/C11H14N2.CH4/c1-8(2)11-9-6-4-5-7-10(9)13(3)12-11;/h4-8H,1-3H3;1H4. The number of aromatic nitrogens is 2. The van der Waals surface area contributed by atoms with E-state index in [1.807, 2.05) is 17.8 Å². The van der Waals surface area contributed by atoms with Crippen LogP contribution in [0.3, 0.4) is 0 Å². The molecule has 0 radical (unpaired) electrons. The fraction of sp³-hybridized carbons (Fsp3) is 0.417. The van der Waals surface area contributed by atoms with E-state index < -0.39 is 0 Å². The molecule has 0 spiro atoms. The highest BCUT2D eigenvalue weighted by Gasteiger charge is 2.09. The Morgan fingerprint density at radius 3 is 2.50 bits per heavy atom. The summed E-state index contributed by atoms with van der Waals surface area (Å²) >= 11 is 0. The fourth-order valence-corrected chi connectivity index (χ4v) is 1.67. The van der Waals surface area contributed by atoms with Crippen molar-refractivity contribution in [3.63, 3.8) is 0 Å². The van der Waals surface area contributed by atoms with Crippen LogP contribution < -0.4 is 0 Å². The highest BCUT2D eigenvalue weighted by atomic mass is 15.3. The number of hydrogen-bond acceptors (Lipinski definition) is 1. The first-order chi connectivity index (χ1) is 6.20. The SMILES string of the molecule is C.CC(C)c1nn(C)c2ccccc12. The third kappa shape index (κ3) is 1.52. The van der Waals surface area contributed by atoms with Crippen LogP contribution in [0.15, 0.2) is 24.3 Å². The summed E-state index contributed by atoms with van der Waals surface area (Å²) in [4.78, 5) is 0. The third-order valence-corrected chi connectivity index (χ3v) is 2.33. The molecule has 0 amide bonds. The first-order valence-electron chi connectivity index (χ1n) is 4.62. The summed E-state index contributed by atoms with van der Waals surface area (Å²) in [6, 6.07) is 8.36. The molecule has 0 saturated heterocycles. The van der Waals surface area contributed by atoms with Crippen LogP contribution in [0.25, 0.3) is 10.9 Å². The molecule has 14 heavy (non-hydrogen) atoms. The van der Waals surface area contributed by atoms with Crippen LogP contribution in [-0.2, 0) is 7.05 Å². The smallest absolute Gasteiger partial charge is 0.0728 e. The summed E-state index contributed by atoms with van der Waals surface area (Å²) in [6.07, 6.45) is 0. The van der Waals surface area contributed by atoms with Gasteiger partial charge in [0.1, 0.15) is 0 Å². The Labute approximate surface area is 85.6 Å². The molecule has 0 aliphatic carbocycles. The minimum atomic E-state index is 0. The van der Waals surface area contributed by atoms with E-state index in [2.05, 4.69) is 37.1 Å². The lowest BCUT2D eigenvalue weighted by Crippen LogP contribution is -1.92. The number of hydrogen-bond donors (Lipinski definition) is 0. The summed E-state index contributed by atoms with van der Waals surface area (Å²) < 4.78 is 1.95. The number of fused-ring (bicyclic) bond motifs is 1. The van der Waals surface area contributed by atoms with Crippen LogP contribution >= 0.6 is 0 Å². The highest BCUT2D eigenvalue weighted by molar-refractivity contribution is 5.82. The second kappa shape index (κ2) is 3.82. The zero-order valence-corrected chi connectivity index (χ0v) is 8.28. The van der Waals surface area contributed by atoms with E-state index >= 15 is 0 Å². The Bertz CT molecular complexity index is 427. The zero-order chi connectivity index (χ0) is 9.42. The van der Waals surface area contributed by atoms with Crippen LogP contribution in [0.5, 0.6) is 0 Å². The molecule has 1 aromatic carbocycles. The topological polar surface area (TPSA) is 17.8 Å². The quantitative estimate of drug-likeness (QED) is 0.674. The van der Waals surface area contributed by atoms with Crippen LogP contribution in [0.1, 0.15) is 32.9 Å². The molecule has 2 heteroatoms. The van der Waals surface area contributed by atoms with Crippen molar-refractivity contribution in [2.45, 2.75) is 27.2 Å². The number of aryl methyl sites for hydroxylation is 1. The maximum atomic E-state index is 4.51. The number of rotatable bonds is 1. The molecule has 1 aromatic heterocycles. The molecule has 1 heterocycles. The van der Waals surface area contributed by atoms with E-state index in [0.717, 1.165) is 0 Å². The predicted octanol–water partition coefficient (Wildman–Crippen LogP) is 3.33. The second-order valence-electron chi connectivity index (χ2n) is 3.68. The van der Waals surface area contributed by atoms with Gasteiger partial charge in [0.25, 0.3) is 0 Å². The van der Waals surface area contributed by atoms with Crippen LogP contribution in [0.2, 0.25) is 0 Å². The predicted molar refractivity (Wildman–Crippen MR) is 61.5 cm³/mol. The summed E-state index contributed by atoms with van der Waals surface area (Å²) in [5.74, 6) is 0.492. The molecule has 0 aliphatic heterocycles. The number of benzene rings is 1. The van der Waals surface area contributed by atoms with Crippen molar-refractivity contribution in [3.05, 3.63) is 30.0 Å². The van der Waals surface area contributed by atoms with Crippen molar-refractivity contribution in [3.8, 4) is 0 Å². The van der Waals surface area contributed by atoms with Crippen LogP contribution in [-0.4, -0.2) is 9.78 Å². The van der Waals surface area contributed by atoms with Gasteiger partial charge in [0.05, 0.1) is 11.2 Å². The van der Waals surface area contributed by atoms with Gasteiger partial charge in [-0.25, -0.2) is 0 Å². The van der Waals surface area contributed by atoms with Gasteiger partial charge in [0, 0.05) is 12.4 Å². The summed E-state index contributed by atoms with van der Waals surface area (Å²) in [5, 5.41) is 5.78. The molecule has 2 nitrogen and oxygen atoms in total. The van der Waals surface area contributed by atoms with Crippen molar-refractivity contribution in [2.75, 3.05) is 0 Å². The Morgan fingerprint density at radius 2 is 1.86 bits per heavy atom. The average molecular weight is 190 g/mol. The Kier molecular flexibility index (Phi) is 2.94. The maximum Gasteiger partial charge on any atom is 0.0728 e. The van der Waals surface area contributed by atoms with Crippen molar-refractivity contribution < 1.29 is 0 Å². The molecule has 0 atom stereocenters. The molecule has 0 fully saturated rings. The Morgan fingerprint density at radius 1 is 1.21 bits per heavy atom. The highest BCUT2D eigenvalue weighted by Crippen LogP contribution is 2.23. The first-order valence-corrected chi connectivity index (χ1v) is 4.62. The van der Waals surface area contributed by atoms with Gasteiger partial charge in [-0.1, -0.05) is 39.5 Å². The minimum absolute atomic E-state index is 0. The first kappa shape index (κ1) is 10.8. The van der Waals surface area contributed by atoms with Gasteiger partial charge in [0.15, 0.2) is 0 Å². The van der Waals surface area contributed by atoms with E-state index in [-0.39, 0.29) is 7.43 Å². The monoisotopic (exact) mass is 190 g/mol. The van der Waals surface area contributed by atoms with Gasteiger partial charge >= 0.3 is 0 Å². The zero-order valence-electron chi connectivity index (χ0n) is 8.28. The van der Waals surface area contributed by atoms with E-state index in [4.69, 9.17) is 0 Å². The molecule has 0 aliphatic rings. The third-order valence-electron chi connectivity index (χ3n) is 2.33. The molecule has 2 aromatic rings. The van der Waals surface area contributed by atoms with Crippen molar-refractivity contribution in [2.24, 2.45) is 7.05 Å². The fourth-order valence-electron chi connectivity index (χ4n) is 1.67. The molecule has 0 N–H and O–H groups in total. The molecular formula is C12H18N2. The summed E-state index contributed by atoms with van der Waals surface area (Å²) in [7, 11) is 1.99. The van der Waals surface area contributed by atoms with E-state index in [1.54, 1.807) is 0 Å². The summed E-state index contributed by atoms with van der Waals surface area (Å²) in [6.45, 7) is 4.35. The van der Waals surface area contributed by atoms with E-state index in [0.29, 0.717) is 5.92 Å². The second-order valence-corrected chi connectivity index (χ2v) is 3.68. The number of nitrogens with zero attached hydrogens (tertiary/aromatic N) is 2. The van der Waals surface area contributed by atoms with Gasteiger partial charge in [-0.15, -0.1) is 0 Å². The molecule has 0 bridgehead atoms. The Hall–Kier alpha value is -1.31. The maximum absolute atomic E-state index is 4.51. The van der Waals surface area contributed by atoms with Gasteiger partial charge in [0.2, 0.25) is 0 Å². The largest absolute Gasteiger partial charge is 0.268 e. The van der Waals surface area contributed by atoms with Crippen molar-refractivity contribution in [1.82, 2.24) is 9.78 Å². The summed E-state index contributed by atoms with van der Waals surface area (Å²) in [5.41, 5.74) is 2.41. The molecule has 2 rings (SSSR count). The van der Waals surface area contributed by atoms with E-state index in [1.165, 1.54) is 16.6 Å². The molecule has 76 valence electrons. The normalized spacial score (nSPS) is 10.6. The lowest BCUT2D eigenvalue weighted by molar-refractivity contribution is 0.729. The molecule has 0 saturated carbocycles. The van der Waals surface area contributed by atoms with Crippen LogP contribution in [0, 0.1) is 0 Å². The lowest BCUT2D eigenvalue weighted by atomic mass is 10.1. The van der Waals surface area contributed by atoms with Crippen molar-refractivity contribution >= 4 is 10.9 Å². The minimum Gasteiger partial charge on any atom is -0.268 e. The Balaban J connectivity index is 0.000000980. The molecule has 0 unspecified atom stereocenters. The van der Waals surface area contributed by atoms with E-state index in [9.17, 15) is 0 Å². The van der Waals surface area contributed by atoms with Gasteiger partial charge in [-0.2, -0.15) is 5.10 Å². The number of para-hydroxylation sites is 1.